The van der Waals surface area contributed by atoms with Crippen LogP contribution in [0, 0.1) is 12.8 Å². The van der Waals surface area contributed by atoms with Crippen LogP contribution >= 0.6 is 0 Å². The molecule has 1 saturated heterocycles. The number of benzene rings is 1. The highest BCUT2D eigenvalue weighted by Crippen LogP contribution is 2.42. The second-order valence-corrected chi connectivity index (χ2v) is 15.2. The third-order valence-electron chi connectivity index (χ3n) is 4.69. The molecule has 0 bridgehead atoms. The van der Waals surface area contributed by atoms with Crippen LogP contribution in [-0.4, -0.2) is 32.7 Å². The van der Waals surface area contributed by atoms with Crippen molar-refractivity contribution >= 4 is 24.0 Å². The van der Waals surface area contributed by atoms with Crippen LogP contribution in [-0.2, 0) is 14.8 Å². The molecular weight excluding hydrogens is 326 g/mol. The van der Waals surface area contributed by atoms with E-state index in [0.717, 1.165) is 5.56 Å². The normalized spacial score (nSPS) is 22.9. The summed E-state index contributed by atoms with van der Waals surface area (Å²) in [5.74, 6) is -0.0936. The Hall–Kier alpha value is -1.14. The molecule has 1 heterocycles. The topological polar surface area (TPSA) is 54.5 Å². The predicted molar refractivity (Wildman–Crippen MR) is 95.5 cm³/mol. The molecule has 1 aromatic rings. The van der Waals surface area contributed by atoms with Crippen molar-refractivity contribution in [2.24, 2.45) is 5.92 Å². The van der Waals surface area contributed by atoms with Gasteiger partial charge in [-0.1, -0.05) is 51.2 Å². The Balaban J connectivity index is 2.49. The maximum atomic E-state index is 13.1. The maximum absolute atomic E-state index is 13.1. The van der Waals surface area contributed by atoms with E-state index in [9.17, 15) is 13.2 Å². The molecule has 6 heteroatoms. The van der Waals surface area contributed by atoms with Gasteiger partial charge in [0.2, 0.25) is 5.91 Å². The zero-order chi connectivity index (χ0) is 17.6. The van der Waals surface area contributed by atoms with E-state index in [0.29, 0.717) is 6.42 Å². The van der Waals surface area contributed by atoms with E-state index >= 15 is 0 Å². The minimum absolute atomic E-state index is 0.112. The Morgan fingerprint density at radius 2 is 1.65 bits per heavy atom. The molecule has 0 aliphatic carbocycles. The fourth-order valence-corrected chi connectivity index (χ4v) is 6.82. The van der Waals surface area contributed by atoms with E-state index in [1.165, 1.54) is 4.31 Å². The van der Waals surface area contributed by atoms with Gasteiger partial charge >= 0.3 is 0 Å². The number of sulfonamides is 1. The summed E-state index contributed by atoms with van der Waals surface area (Å²) in [6.45, 7) is 12.3. The zero-order valence-electron chi connectivity index (χ0n) is 14.8. The van der Waals surface area contributed by atoms with Crippen molar-refractivity contribution in [3.63, 3.8) is 0 Å². The third-order valence-corrected chi connectivity index (χ3v) is 9.10. The largest absolute Gasteiger partial charge is 0.274 e. The molecule has 2 atom stereocenters. The number of carbonyl (C=O) groups is 1. The average Bonchev–Trinajstić information content (AvgIpc) is 2.77. The summed E-state index contributed by atoms with van der Waals surface area (Å²) in [4.78, 5) is 13.1. The van der Waals surface area contributed by atoms with Crippen LogP contribution in [0.15, 0.2) is 29.2 Å². The van der Waals surface area contributed by atoms with Crippen LogP contribution in [0.4, 0.5) is 0 Å². The van der Waals surface area contributed by atoms with Crippen molar-refractivity contribution in [2.45, 2.75) is 63.3 Å². The lowest BCUT2D eigenvalue weighted by Gasteiger charge is -2.27. The summed E-state index contributed by atoms with van der Waals surface area (Å²) in [5.41, 5.74) is 0.868. The quantitative estimate of drug-likeness (QED) is 0.776. The van der Waals surface area contributed by atoms with Gasteiger partial charge in [-0.2, -0.15) is 0 Å². The van der Waals surface area contributed by atoms with Crippen molar-refractivity contribution in [3.05, 3.63) is 29.8 Å². The molecule has 1 fully saturated rings. The summed E-state index contributed by atoms with van der Waals surface area (Å²) in [5, 5.41) is 0. The van der Waals surface area contributed by atoms with E-state index in [1.807, 2.05) is 20.8 Å². The highest BCUT2D eigenvalue weighted by Gasteiger charge is 2.51. The molecule has 1 amide bonds. The molecule has 1 aliphatic heterocycles. The van der Waals surface area contributed by atoms with Crippen LogP contribution in [0.2, 0.25) is 25.2 Å². The molecule has 128 valence electrons. The second kappa shape index (κ2) is 6.05. The summed E-state index contributed by atoms with van der Waals surface area (Å²) >= 11 is 0. The van der Waals surface area contributed by atoms with Crippen LogP contribution in [0.25, 0.3) is 0 Å². The Morgan fingerprint density at radius 1 is 1.13 bits per heavy atom. The fraction of sp³-hybridized carbons (Fsp3) is 0.588. The lowest BCUT2D eigenvalue weighted by Crippen LogP contribution is -2.42. The molecule has 0 N–H and O–H groups in total. The van der Waals surface area contributed by atoms with E-state index in [1.54, 1.807) is 24.3 Å². The van der Waals surface area contributed by atoms with E-state index in [2.05, 4.69) is 19.6 Å². The van der Waals surface area contributed by atoms with Gasteiger partial charge in [-0.25, -0.2) is 12.7 Å². The number of amides is 1. The molecule has 23 heavy (non-hydrogen) atoms. The standard InChI is InChI=1S/C17H27NO3SSi/c1-12(2)15-11-16(23(4,5)6)17(19)18(15)22(20,21)14-9-7-13(3)8-10-14/h7-10,12,15-16H,11H2,1-6H3/t15-,16-/m1/s1. The Kier molecular flexibility index (Phi) is 4.79. The number of hydrogen-bond acceptors (Lipinski definition) is 3. The van der Waals surface area contributed by atoms with Gasteiger partial charge in [-0.15, -0.1) is 0 Å². The van der Waals surface area contributed by atoms with Crippen LogP contribution in [0.3, 0.4) is 0 Å². The van der Waals surface area contributed by atoms with Gasteiger partial charge in [0.15, 0.2) is 0 Å². The number of hydrogen-bond donors (Lipinski definition) is 0. The van der Waals surface area contributed by atoms with E-state index < -0.39 is 18.1 Å². The summed E-state index contributed by atoms with van der Waals surface area (Å²) < 4.78 is 27.3. The first-order chi connectivity index (χ1) is 10.5. The van der Waals surface area contributed by atoms with Gasteiger partial charge in [-0.3, -0.25) is 4.79 Å². The van der Waals surface area contributed by atoms with Gasteiger partial charge in [-0.05, 0) is 31.4 Å². The number of nitrogens with zero attached hydrogens (tertiary/aromatic N) is 1. The van der Waals surface area contributed by atoms with Crippen LogP contribution in [0.1, 0.15) is 25.8 Å². The molecule has 1 aliphatic rings. The first-order valence-electron chi connectivity index (χ1n) is 8.11. The van der Waals surface area contributed by atoms with Crippen molar-refractivity contribution in [1.82, 2.24) is 4.31 Å². The second-order valence-electron chi connectivity index (χ2n) is 7.92. The van der Waals surface area contributed by atoms with Crippen molar-refractivity contribution in [1.29, 1.82) is 0 Å². The zero-order valence-corrected chi connectivity index (χ0v) is 16.6. The predicted octanol–water partition coefficient (Wildman–Crippen LogP) is 3.65. The first kappa shape index (κ1) is 18.2. The number of carbonyl (C=O) groups excluding carboxylic acids is 1. The molecule has 2 rings (SSSR count). The van der Waals surface area contributed by atoms with Gasteiger partial charge < -0.3 is 0 Å². The molecule has 0 saturated carbocycles. The van der Waals surface area contributed by atoms with Crippen molar-refractivity contribution < 1.29 is 13.2 Å². The highest BCUT2D eigenvalue weighted by molar-refractivity contribution is 7.89. The van der Waals surface area contributed by atoms with Gasteiger partial charge in [0.05, 0.1) is 19.0 Å². The average molecular weight is 354 g/mol. The summed E-state index contributed by atoms with van der Waals surface area (Å²) in [6.07, 6.45) is 0.650. The number of rotatable bonds is 4. The van der Waals surface area contributed by atoms with Crippen LogP contribution < -0.4 is 0 Å². The first-order valence-corrected chi connectivity index (χ1v) is 13.1. The smallest absolute Gasteiger partial charge is 0.266 e. The molecule has 0 radical (unpaired) electrons. The Morgan fingerprint density at radius 3 is 2.09 bits per heavy atom. The molecule has 4 nitrogen and oxygen atoms in total. The van der Waals surface area contributed by atoms with Crippen molar-refractivity contribution in [3.8, 4) is 0 Å². The lowest BCUT2D eigenvalue weighted by molar-refractivity contribution is -0.124. The number of aryl methyl sites for hydroxylation is 1. The molecule has 0 aromatic heterocycles. The Bertz CT molecular complexity index is 690. The fourth-order valence-electron chi connectivity index (χ4n) is 3.14. The molecule has 0 spiro atoms. The third kappa shape index (κ3) is 3.38. The SMILES string of the molecule is Cc1ccc(S(=O)(=O)N2C(=O)[C@H]([Si](C)(C)C)C[C@@H]2C(C)C)cc1. The van der Waals surface area contributed by atoms with Gasteiger partial charge in [0.1, 0.15) is 0 Å². The molecule has 0 unspecified atom stereocenters. The highest BCUT2D eigenvalue weighted by atomic mass is 32.2. The Labute approximate surface area is 141 Å². The summed E-state index contributed by atoms with van der Waals surface area (Å²) in [6, 6.07) is 6.49. The lowest BCUT2D eigenvalue weighted by atomic mass is 10.0. The minimum atomic E-state index is -3.79. The van der Waals surface area contributed by atoms with Crippen LogP contribution in [0.5, 0.6) is 0 Å². The minimum Gasteiger partial charge on any atom is -0.274 e. The monoisotopic (exact) mass is 353 g/mol. The maximum Gasteiger partial charge on any atom is 0.266 e. The van der Waals surface area contributed by atoms with E-state index in [-0.39, 0.29) is 28.3 Å². The van der Waals surface area contributed by atoms with E-state index in [4.69, 9.17) is 0 Å². The van der Waals surface area contributed by atoms with Crippen molar-refractivity contribution in [2.75, 3.05) is 0 Å². The van der Waals surface area contributed by atoms with Gasteiger partial charge in [0.25, 0.3) is 10.0 Å². The summed E-state index contributed by atoms with van der Waals surface area (Å²) in [7, 11) is -5.55. The molecule has 1 aromatic carbocycles. The van der Waals surface area contributed by atoms with Gasteiger partial charge in [0, 0.05) is 5.54 Å². The molecular formula is C17H27NO3SSi.